The van der Waals surface area contributed by atoms with Crippen molar-refractivity contribution in [3.8, 4) is 0 Å². The van der Waals surface area contributed by atoms with E-state index < -0.39 is 12.0 Å². The molecule has 0 saturated carbocycles. The maximum absolute atomic E-state index is 14.1. The number of fused-ring (bicyclic) bond motifs is 1. The molecule has 19 heavy (non-hydrogen) atoms. The van der Waals surface area contributed by atoms with E-state index in [0.717, 1.165) is 4.90 Å². The summed E-state index contributed by atoms with van der Waals surface area (Å²) in [5, 5.41) is 10.2. The van der Waals surface area contributed by atoms with E-state index in [1.165, 1.54) is 6.07 Å². The Balaban J connectivity index is 2.14. The average Bonchev–Trinajstić information content (AvgIpc) is 2.67. The van der Waals surface area contributed by atoms with Crippen LogP contribution in [0.2, 0.25) is 0 Å². The van der Waals surface area contributed by atoms with Gasteiger partial charge >= 0.3 is 0 Å². The summed E-state index contributed by atoms with van der Waals surface area (Å²) < 4.78 is 14.1. The van der Waals surface area contributed by atoms with Gasteiger partial charge < -0.3 is 5.11 Å². The molecule has 0 fully saturated rings. The SMILES string of the molecule is Cc1cccc(N2C(=O)c3ccccc3C2O)c1F. The summed E-state index contributed by atoms with van der Waals surface area (Å²) >= 11 is 0. The van der Waals surface area contributed by atoms with E-state index in [2.05, 4.69) is 0 Å². The van der Waals surface area contributed by atoms with Gasteiger partial charge in [-0.25, -0.2) is 4.39 Å². The van der Waals surface area contributed by atoms with Crippen molar-refractivity contribution < 1.29 is 14.3 Å². The molecule has 1 N–H and O–H groups in total. The highest BCUT2D eigenvalue weighted by Crippen LogP contribution is 2.37. The molecular formula is C15H12FNO2. The fraction of sp³-hybridized carbons (Fsp3) is 0.133. The lowest BCUT2D eigenvalue weighted by atomic mass is 10.1. The number of hydrogen-bond donors (Lipinski definition) is 1. The number of amides is 1. The number of benzene rings is 2. The van der Waals surface area contributed by atoms with Crippen LogP contribution in [0.25, 0.3) is 0 Å². The van der Waals surface area contributed by atoms with E-state index >= 15 is 0 Å². The average molecular weight is 257 g/mol. The largest absolute Gasteiger partial charge is 0.369 e. The van der Waals surface area contributed by atoms with E-state index in [4.69, 9.17) is 0 Å². The third-order valence-electron chi connectivity index (χ3n) is 3.36. The van der Waals surface area contributed by atoms with Gasteiger partial charge in [-0.1, -0.05) is 30.3 Å². The molecule has 0 spiro atoms. The Morgan fingerprint density at radius 1 is 1.16 bits per heavy atom. The third kappa shape index (κ3) is 1.64. The van der Waals surface area contributed by atoms with Crippen molar-refractivity contribution in [2.75, 3.05) is 4.90 Å². The number of aryl methyl sites for hydroxylation is 1. The van der Waals surface area contributed by atoms with Crippen LogP contribution in [-0.2, 0) is 0 Å². The summed E-state index contributed by atoms with van der Waals surface area (Å²) in [4.78, 5) is 13.4. The lowest BCUT2D eigenvalue weighted by Crippen LogP contribution is -2.28. The predicted molar refractivity (Wildman–Crippen MR) is 69.3 cm³/mol. The van der Waals surface area contributed by atoms with Gasteiger partial charge in [0.2, 0.25) is 0 Å². The molecule has 0 aliphatic carbocycles. The number of aliphatic hydroxyl groups is 1. The molecule has 2 aromatic rings. The minimum atomic E-state index is -1.14. The quantitative estimate of drug-likeness (QED) is 0.853. The molecule has 2 aromatic carbocycles. The molecule has 0 saturated heterocycles. The van der Waals surface area contributed by atoms with E-state index in [1.54, 1.807) is 43.3 Å². The molecule has 3 rings (SSSR count). The number of aliphatic hydroxyl groups excluding tert-OH is 1. The number of hydrogen-bond acceptors (Lipinski definition) is 2. The van der Waals surface area contributed by atoms with Crippen LogP contribution >= 0.6 is 0 Å². The number of nitrogens with zero attached hydrogens (tertiary/aromatic N) is 1. The summed E-state index contributed by atoms with van der Waals surface area (Å²) in [7, 11) is 0. The van der Waals surface area contributed by atoms with Crippen LogP contribution in [0, 0.1) is 12.7 Å². The van der Waals surface area contributed by atoms with Gasteiger partial charge in [-0.2, -0.15) is 0 Å². The smallest absolute Gasteiger partial charge is 0.261 e. The fourth-order valence-corrected chi connectivity index (χ4v) is 2.36. The fourth-order valence-electron chi connectivity index (χ4n) is 2.36. The Morgan fingerprint density at radius 3 is 2.63 bits per heavy atom. The topological polar surface area (TPSA) is 40.5 Å². The van der Waals surface area contributed by atoms with Crippen LogP contribution in [0.4, 0.5) is 10.1 Å². The van der Waals surface area contributed by atoms with Crippen molar-refractivity contribution in [3.05, 3.63) is 65.0 Å². The molecule has 1 aliphatic heterocycles. The Morgan fingerprint density at radius 2 is 1.89 bits per heavy atom. The normalized spacial score (nSPS) is 17.7. The minimum Gasteiger partial charge on any atom is -0.369 e. The van der Waals surface area contributed by atoms with Crippen molar-refractivity contribution in [1.29, 1.82) is 0 Å². The van der Waals surface area contributed by atoms with Gasteiger partial charge in [0.1, 0.15) is 5.82 Å². The molecule has 3 nitrogen and oxygen atoms in total. The van der Waals surface area contributed by atoms with Gasteiger partial charge in [-0.15, -0.1) is 0 Å². The lowest BCUT2D eigenvalue weighted by molar-refractivity contribution is 0.0933. The molecule has 1 unspecified atom stereocenters. The van der Waals surface area contributed by atoms with Crippen LogP contribution in [-0.4, -0.2) is 11.0 Å². The second-order valence-corrected chi connectivity index (χ2v) is 4.54. The second-order valence-electron chi connectivity index (χ2n) is 4.54. The summed E-state index contributed by atoms with van der Waals surface area (Å²) in [5.74, 6) is -0.865. The molecule has 0 bridgehead atoms. The molecule has 0 radical (unpaired) electrons. The Bertz CT molecular complexity index is 669. The van der Waals surface area contributed by atoms with Gasteiger partial charge in [0, 0.05) is 11.1 Å². The highest BCUT2D eigenvalue weighted by molar-refractivity contribution is 6.10. The number of halogens is 1. The molecule has 96 valence electrons. The van der Waals surface area contributed by atoms with Crippen molar-refractivity contribution >= 4 is 11.6 Å². The summed E-state index contributed by atoms with van der Waals surface area (Å²) in [6, 6.07) is 11.6. The van der Waals surface area contributed by atoms with E-state index in [9.17, 15) is 14.3 Å². The zero-order valence-corrected chi connectivity index (χ0v) is 10.3. The second kappa shape index (κ2) is 4.17. The van der Waals surface area contributed by atoms with E-state index in [-0.39, 0.29) is 11.6 Å². The molecule has 1 aliphatic rings. The zero-order chi connectivity index (χ0) is 13.6. The first-order valence-corrected chi connectivity index (χ1v) is 5.97. The maximum atomic E-state index is 14.1. The van der Waals surface area contributed by atoms with Crippen molar-refractivity contribution in [3.63, 3.8) is 0 Å². The van der Waals surface area contributed by atoms with Gasteiger partial charge in [0.05, 0.1) is 5.69 Å². The van der Waals surface area contributed by atoms with Gasteiger partial charge in [-0.3, -0.25) is 9.69 Å². The summed E-state index contributed by atoms with van der Waals surface area (Å²) in [6.07, 6.45) is -1.14. The van der Waals surface area contributed by atoms with Crippen LogP contribution < -0.4 is 4.90 Å². The van der Waals surface area contributed by atoms with E-state index in [0.29, 0.717) is 16.7 Å². The lowest BCUT2D eigenvalue weighted by Gasteiger charge is -2.22. The van der Waals surface area contributed by atoms with Crippen LogP contribution in [0.15, 0.2) is 42.5 Å². The first kappa shape index (κ1) is 11.9. The first-order valence-electron chi connectivity index (χ1n) is 5.97. The Labute approximate surface area is 109 Å². The Hall–Kier alpha value is -2.20. The monoisotopic (exact) mass is 257 g/mol. The van der Waals surface area contributed by atoms with Gasteiger partial charge in [0.25, 0.3) is 5.91 Å². The minimum absolute atomic E-state index is 0.105. The molecule has 0 aromatic heterocycles. The van der Waals surface area contributed by atoms with E-state index in [1.807, 2.05) is 0 Å². The highest BCUT2D eigenvalue weighted by Gasteiger charge is 2.37. The molecule has 1 heterocycles. The Kier molecular flexibility index (Phi) is 2.61. The first-order chi connectivity index (χ1) is 9.11. The van der Waals surface area contributed by atoms with Crippen LogP contribution in [0.5, 0.6) is 0 Å². The van der Waals surface area contributed by atoms with Crippen LogP contribution in [0.3, 0.4) is 0 Å². The predicted octanol–water partition coefficient (Wildman–Crippen LogP) is 2.79. The standard InChI is InChI=1S/C15H12FNO2/c1-9-5-4-8-12(13(9)16)17-14(18)10-6-2-3-7-11(10)15(17)19/h2-8,14,18H,1H3. The number of rotatable bonds is 1. The van der Waals surface area contributed by atoms with Crippen molar-refractivity contribution in [1.82, 2.24) is 0 Å². The molecule has 1 amide bonds. The molecule has 1 atom stereocenters. The summed E-state index contributed by atoms with van der Waals surface area (Å²) in [6.45, 7) is 1.62. The number of anilines is 1. The number of carbonyl (C=O) groups is 1. The zero-order valence-electron chi connectivity index (χ0n) is 10.3. The van der Waals surface area contributed by atoms with Gasteiger partial charge in [-0.05, 0) is 24.6 Å². The van der Waals surface area contributed by atoms with Crippen molar-refractivity contribution in [2.24, 2.45) is 0 Å². The van der Waals surface area contributed by atoms with Gasteiger partial charge in [0.15, 0.2) is 6.23 Å². The molecular weight excluding hydrogens is 245 g/mol. The van der Waals surface area contributed by atoms with Crippen LogP contribution in [0.1, 0.15) is 27.7 Å². The van der Waals surface area contributed by atoms with Crippen molar-refractivity contribution in [2.45, 2.75) is 13.2 Å². The molecule has 4 heteroatoms. The highest BCUT2D eigenvalue weighted by atomic mass is 19.1. The summed E-state index contributed by atoms with van der Waals surface area (Å²) in [5.41, 5.74) is 1.46. The number of carbonyl (C=O) groups excluding carboxylic acids is 1. The maximum Gasteiger partial charge on any atom is 0.261 e. The third-order valence-corrected chi connectivity index (χ3v) is 3.36.